The number of likely N-dealkylation sites (tertiary alicyclic amines) is 1. The minimum Gasteiger partial charge on any atom is -0.481 e. The summed E-state index contributed by atoms with van der Waals surface area (Å²) in [5, 5.41) is 23.1. The van der Waals surface area contributed by atoms with Crippen LogP contribution in [-0.4, -0.2) is 81.2 Å². The molecule has 0 aromatic carbocycles. The van der Waals surface area contributed by atoms with Crippen LogP contribution in [-0.2, 0) is 24.0 Å². The normalized spacial score (nSPS) is 19.1. The number of amides is 3. The van der Waals surface area contributed by atoms with Crippen LogP contribution in [0.3, 0.4) is 0 Å². The summed E-state index contributed by atoms with van der Waals surface area (Å²) in [4.78, 5) is 61.1. The Bertz CT molecular complexity index is 673. The number of carbonyl (C=O) groups excluding carboxylic acids is 3. The van der Waals surface area contributed by atoms with Crippen LogP contribution in [0, 0.1) is 5.92 Å². The maximum Gasteiger partial charge on any atom is 0.326 e. The summed E-state index contributed by atoms with van der Waals surface area (Å²) >= 11 is 4.03. The quantitative estimate of drug-likeness (QED) is 0.214. The molecule has 0 aliphatic carbocycles. The Morgan fingerprint density at radius 3 is 2.20 bits per heavy atom. The molecule has 1 rings (SSSR count). The number of hydrogen-bond donors (Lipinski definition) is 6. The largest absolute Gasteiger partial charge is 0.481 e. The fourth-order valence-corrected chi connectivity index (χ4v) is 3.48. The number of thiol groups is 1. The van der Waals surface area contributed by atoms with E-state index in [9.17, 15) is 29.1 Å². The summed E-state index contributed by atoms with van der Waals surface area (Å²) in [5.41, 5.74) is 5.80. The molecule has 4 atom stereocenters. The van der Waals surface area contributed by atoms with Crippen molar-refractivity contribution in [1.29, 1.82) is 0 Å². The van der Waals surface area contributed by atoms with Crippen LogP contribution in [0.1, 0.15) is 39.5 Å². The molecule has 0 radical (unpaired) electrons. The van der Waals surface area contributed by atoms with E-state index in [1.165, 1.54) is 0 Å². The molecule has 3 amide bonds. The Labute approximate surface area is 180 Å². The van der Waals surface area contributed by atoms with Gasteiger partial charge in [-0.05, 0) is 25.2 Å². The average Bonchev–Trinajstić information content (AvgIpc) is 3.13. The Morgan fingerprint density at radius 2 is 1.70 bits per heavy atom. The molecule has 1 heterocycles. The van der Waals surface area contributed by atoms with Gasteiger partial charge in [0.15, 0.2) is 0 Å². The van der Waals surface area contributed by atoms with Gasteiger partial charge >= 0.3 is 11.9 Å². The lowest BCUT2D eigenvalue weighted by atomic mass is 10.0. The number of carbonyl (C=O) groups is 5. The lowest BCUT2D eigenvalue weighted by Gasteiger charge is -2.28. The molecule has 11 nitrogen and oxygen atoms in total. The summed E-state index contributed by atoms with van der Waals surface area (Å²) < 4.78 is 0. The van der Waals surface area contributed by atoms with Gasteiger partial charge in [0.05, 0.1) is 12.5 Å². The van der Waals surface area contributed by atoms with E-state index in [0.29, 0.717) is 12.8 Å². The van der Waals surface area contributed by atoms with Gasteiger partial charge in [-0.15, -0.1) is 0 Å². The fourth-order valence-electron chi connectivity index (χ4n) is 3.22. The molecule has 0 spiro atoms. The van der Waals surface area contributed by atoms with Crippen molar-refractivity contribution in [3.8, 4) is 0 Å². The van der Waals surface area contributed by atoms with Crippen LogP contribution in [0.4, 0.5) is 0 Å². The minimum atomic E-state index is -1.47. The molecule has 30 heavy (non-hydrogen) atoms. The highest BCUT2D eigenvalue weighted by Gasteiger charge is 2.39. The van der Waals surface area contributed by atoms with E-state index >= 15 is 0 Å². The van der Waals surface area contributed by atoms with Crippen molar-refractivity contribution < 1.29 is 34.2 Å². The molecule has 1 aliphatic heterocycles. The van der Waals surface area contributed by atoms with Gasteiger partial charge in [0.25, 0.3) is 0 Å². The molecule has 12 heteroatoms. The molecular weight excluding hydrogens is 416 g/mol. The van der Waals surface area contributed by atoms with E-state index in [1.54, 1.807) is 0 Å². The predicted octanol–water partition coefficient (Wildman–Crippen LogP) is -1.19. The van der Waals surface area contributed by atoms with Crippen LogP contribution in [0.5, 0.6) is 0 Å². The SMILES string of the molecule is CC(C)CC(N)C(=O)NC(CS)C(=O)NC(CC(=O)O)C(=O)N1CCCC1C(=O)O. The number of aliphatic carboxylic acids is 2. The van der Waals surface area contributed by atoms with Gasteiger partial charge in [-0.2, -0.15) is 12.6 Å². The van der Waals surface area contributed by atoms with Crippen LogP contribution < -0.4 is 16.4 Å². The first kappa shape index (κ1) is 25.7. The number of nitrogens with zero attached hydrogens (tertiary/aromatic N) is 1. The number of nitrogens with two attached hydrogens (primary N) is 1. The second kappa shape index (κ2) is 11.7. The number of hydrogen-bond acceptors (Lipinski definition) is 7. The fraction of sp³-hybridized carbons (Fsp3) is 0.722. The highest BCUT2D eigenvalue weighted by molar-refractivity contribution is 7.80. The van der Waals surface area contributed by atoms with Gasteiger partial charge in [-0.3, -0.25) is 19.2 Å². The number of carboxylic acid groups (broad SMARTS) is 2. The topological polar surface area (TPSA) is 179 Å². The highest BCUT2D eigenvalue weighted by atomic mass is 32.1. The van der Waals surface area contributed by atoms with E-state index in [1.807, 2.05) is 13.8 Å². The van der Waals surface area contributed by atoms with E-state index in [4.69, 9.17) is 10.8 Å². The van der Waals surface area contributed by atoms with Crippen molar-refractivity contribution in [2.24, 2.45) is 11.7 Å². The number of rotatable bonds is 11. The second-order valence-electron chi connectivity index (χ2n) is 7.67. The number of carboxylic acids is 2. The van der Waals surface area contributed by atoms with Crippen molar-refractivity contribution in [3.63, 3.8) is 0 Å². The predicted molar refractivity (Wildman–Crippen MR) is 110 cm³/mol. The molecule has 0 bridgehead atoms. The van der Waals surface area contributed by atoms with Crippen LogP contribution in [0.2, 0.25) is 0 Å². The smallest absolute Gasteiger partial charge is 0.326 e. The van der Waals surface area contributed by atoms with Crippen molar-refractivity contribution in [2.75, 3.05) is 12.3 Å². The zero-order valence-electron chi connectivity index (χ0n) is 17.0. The molecular formula is C18H30N4O7S. The average molecular weight is 447 g/mol. The molecule has 170 valence electrons. The van der Waals surface area contributed by atoms with Crippen LogP contribution >= 0.6 is 12.6 Å². The van der Waals surface area contributed by atoms with Crippen LogP contribution in [0.25, 0.3) is 0 Å². The third kappa shape index (κ3) is 7.48. The highest BCUT2D eigenvalue weighted by Crippen LogP contribution is 2.19. The number of nitrogens with one attached hydrogen (secondary N) is 2. The van der Waals surface area contributed by atoms with Gasteiger partial charge in [-0.25, -0.2) is 4.79 Å². The van der Waals surface area contributed by atoms with Gasteiger partial charge in [0.2, 0.25) is 17.7 Å². The van der Waals surface area contributed by atoms with E-state index in [-0.39, 0.29) is 24.6 Å². The molecule has 1 fully saturated rings. The molecule has 0 aromatic rings. The van der Waals surface area contributed by atoms with Crippen molar-refractivity contribution >= 4 is 42.3 Å². The lowest BCUT2D eigenvalue weighted by molar-refractivity contribution is -0.150. The third-order valence-corrected chi connectivity index (χ3v) is 5.06. The molecule has 0 saturated carbocycles. The maximum atomic E-state index is 12.8. The van der Waals surface area contributed by atoms with Crippen molar-refractivity contribution in [3.05, 3.63) is 0 Å². The van der Waals surface area contributed by atoms with E-state index in [2.05, 4.69) is 23.3 Å². The third-order valence-electron chi connectivity index (χ3n) is 4.69. The van der Waals surface area contributed by atoms with E-state index in [0.717, 1.165) is 4.90 Å². The first-order chi connectivity index (χ1) is 14.0. The van der Waals surface area contributed by atoms with Gasteiger partial charge in [0.1, 0.15) is 18.1 Å². The van der Waals surface area contributed by atoms with E-state index < -0.39 is 60.2 Å². The Balaban J connectivity index is 2.88. The summed E-state index contributed by atoms with van der Waals surface area (Å²) in [6.45, 7) is 3.93. The molecule has 4 unspecified atom stereocenters. The van der Waals surface area contributed by atoms with Crippen LogP contribution in [0.15, 0.2) is 0 Å². The zero-order valence-corrected chi connectivity index (χ0v) is 17.9. The molecule has 6 N–H and O–H groups in total. The summed E-state index contributed by atoms with van der Waals surface area (Å²) in [6.07, 6.45) is 0.378. The Kier molecular flexibility index (Phi) is 10.1. The first-order valence-electron chi connectivity index (χ1n) is 9.70. The summed E-state index contributed by atoms with van der Waals surface area (Å²) in [5.74, 6) is -4.65. The minimum absolute atomic E-state index is 0.110. The summed E-state index contributed by atoms with van der Waals surface area (Å²) in [7, 11) is 0. The zero-order chi connectivity index (χ0) is 23.0. The van der Waals surface area contributed by atoms with Gasteiger partial charge in [0, 0.05) is 12.3 Å². The standard InChI is InChI=1S/C18H30N4O7S/c1-9(2)6-10(19)15(25)21-12(8-30)16(26)20-11(7-14(23)24)17(27)22-5-3-4-13(22)18(28)29/h9-13,30H,3-8,19H2,1-2H3,(H,20,26)(H,21,25)(H,23,24)(H,28,29). The second-order valence-corrected chi connectivity index (χ2v) is 8.03. The molecule has 0 aromatic heterocycles. The first-order valence-corrected chi connectivity index (χ1v) is 10.3. The summed E-state index contributed by atoms with van der Waals surface area (Å²) in [6, 6.07) is -4.52. The molecule has 1 aliphatic rings. The lowest BCUT2D eigenvalue weighted by Crippen LogP contribution is -2.58. The van der Waals surface area contributed by atoms with Crippen molar-refractivity contribution in [1.82, 2.24) is 15.5 Å². The van der Waals surface area contributed by atoms with Crippen molar-refractivity contribution in [2.45, 2.75) is 63.7 Å². The van der Waals surface area contributed by atoms with Gasteiger partial charge in [-0.1, -0.05) is 13.8 Å². The maximum absolute atomic E-state index is 12.8. The van der Waals surface area contributed by atoms with Gasteiger partial charge < -0.3 is 31.5 Å². The Hall–Kier alpha value is -2.34. The monoisotopic (exact) mass is 446 g/mol. The molecule has 1 saturated heterocycles. The Morgan fingerprint density at radius 1 is 1.10 bits per heavy atom.